The van der Waals surface area contributed by atoms with Gasteiger partial charge in [0.05, 0.1) is 4.47 Å². The standard InChI is InChI=1S/C12H9BrFN3O/c13-9-5-7(14)1-2-11(9)18-8-3-4-17-10(6-8)12(15)16/h1-6H,(H3,15,16). The third kappa shape index (κ3) is 2.84. The van der Waals surface area contributed by atoms with E-state index >= 15 is 0 Å². The quantitative estimate of drug-likeness (QED) is 0.676. The van der Waals surface area contributed by atoms with Crippen LogP contribution in [0.3, 0.4) is 0 Å². The number of ether oxygens (including phenoxy) is 1. The van der Waals surface area contributed by atoms with Crippen LogP contribution in [-0.4, -0.2) is 10.8 Å². The van der Waals surface area contributed by atoms with Gasteiger partial charge < -0.3 is 10.5 Å². The normalized spacial score (nSPS) is 10.1. The van der Waals surface area contributed by atoms with E-state index in [1.54, 1.807) is 6.07 Å². The summed E-state index contributed by atoms with van der Waals surface area (Å²) >= 11 is 3.20. The first-order valence-corrected chi connectivity index (χ1v) is 5.79. The zero-order valence-electron chi connectivity index (χ0n) is 9.15. The third-order valence-corrected chi connectivity index (χ3v) is 2.75. The van der Waals surface area contributed by atoms with Crippen LogP contribution in [0.25, 0.3) is 0 Å². The second-order valence-corrected chi connectivity index (χ2v) is 4.32. The second kappa shape index (κ2) is 5.14. The Labute approximate surface area is 111 Å². The first-order chi connectivity index (χ1) is 8.56. The number of benzene rings is 1. The maximum absolute atomic E-state index is 12.9. The topological polar surface area (TPSA) is 72.0 Å². The van der Waals surface area contributed by atoms with E-state index in [0.29, 0.717) is 21.7 Å². The summed E-state index contributed by atoms with van der Waals surface area (Å²) in [6.07, 6.45) is 1.49. The average molecular weight is 310 g/mol. The molecule has 0 saturated carbocycles. The molecule has 0 spiro atoms. The summed E-state index contributed by atoms with van der Waals surface area (Å²) in [6, 6.07) is 7.28. The van der Waals surface area contributed by atoms with Crippen molar-refractivity contribution in [2.45, 2.75) is 0 Å². The lowest BCUT2D eigenvalue weighted by Crippen LogP contribution is -2.12. The fourth-order valence-electron chi connectivity index (χ4n) is 1.31. The lowest BCUT2D eigenvalue weighted by atomic mass is 10.3. The Morgan fingerprint density at radius 1 is 1.33 bits per heavy atom. The molecule has 4 nitrogen and oxygen atoms in total. The van der Waals surface area contributed by atoms with Crippen LogP contribution in [0.4, 0.5) is 4.39 Å². The van der Waals surface area contributed by atoms with Gasteiger partial charge in [-0.25, -0.2) is 4.39 Å². The Kier molecular flexibility index (Phi) is 3.57. The van der Waals surface area contributed by atoms with E-state index < -0.39 is 0 Å². The molecule has 0 atom stereocenters. The Balaban J connectivity index is 2.28. The van der Waals surface area contributed by atoms with Gasteiger partial charge in [0.2, 0.25) is 0 Å². The minimum absolute atomic E-state index is 0.140. The molecule has 0 fully saturated rings. The Morgan fingerprint density at radius 3 is 2.78 bits per heavy atom. The van der Waals surface area contributed by atoms with Crippen LogP contribution >= 0.6 is 15.9 Å². The van der Waals surface area contributed by atoms with Gasteiger partial charge in [0.25, 0.3) is 0 Å². The van der Waals surface area contributed by atoms with Crippen molar-refractivity contribution < 1.29 is 9.13 Å². The van der Waals surface area contributed by atoms with E-state index in [9.17, 15) is 4.39 Å². The molecule has 18 heavy (non-hydrogen) atoms. The van der Waals surface area contributed by atoms with Crippen LogP contribution in [-0.2, 0) is 0 Å². The monoisotopic (exact) mass is 309 g/mol. The summed E-state index contributed by atoms with van der Waals surface area (Å²) in [5, 5.41) is 7.28. The minimum atomic E-state index is -0.353. The molecule has 0 aliphatic rings. The van der Waals surface area contributed by atoms with Gasteiger partial charge in [0.15, 0.2) is 0 Å². The van der Waals surface area contributed by atoms with E-state index in [-0.39, 0.29) is 11.7 Å². The SMILES string of the molecule is N=C(N)c1cc(Oc2ccc(F)cc2Br)ccn1. The number of halogens is 2. The molecule has 0 radical (unpaired) electrons. The molecule has 0 unspecified atom stereocenters. The van der Waals surface area contributed by atoms with Crippen LogP contribution in [0, 0.1) is 11.2 Å². The number of hydrogen-bond donors (Lipinski definition) is 2. The summed E-state index contributed by atoms with van der Waals surface area (Å²) in [7, 11) is 0. The first-order valence-electron chi connectivity index (χ1n) is 4.99. The van der Waals surface area contributed by atoms with Crippen LogP contribution < -0.4 is 10.5 Å². The van der Waals surface area contributed by atoms with Crippen LogP contribution in [0.1, 0.15) is 5.69 Å². The van der Waals surface area contributed by atoms with Crippen LogP contribution in [0.2, 0.25) is 0 Å². The zero-order valence-corrected chi connectivity index (χ0v) is 10.7. The Morgan fingerprint density at radius 2 is 2.11 bits per heavy atom. The van der Waals surface area contributed by atoms with Crippen molar-refractivity contribution in [3.8, 4) is 11.5 Å². The third-order valence-electron chi connectivity index (χ3n) is 2.13. The molecular weight excluding hydrogens is 301 g/mol. The van der Waals surface area contributed by atoms with Crippen molar-refractivity contribution in [1.82, 2.24) is 4.98 Å². The number of nitrogen functional groups attached to an aromatic ring is 1. The molecule has 1 heterocycles. The molecule has 1 aromatic carbocycles. The van der Waals surface area contributed by atoms with Gasteiger partial charge >= 0.3 is 0 Å². The molecule has 6 heteroatoms. The maximum Gasteiger partial charge on any atom is 0.141 e. The van der Waals surface area contributed by atoms with Crippen LogP contribution in [0.15, 0.2) is 41.0 Å². The highest BCUT2D eigenvalue weighted by atomic mass is 79.9. The molecule has 3 N–H and O–H groups in total. The molecule has 92 valence electrons. The second-order valence-electron chi connectivity index (χ2n) is 3.47. The predicted molar refractivity (Wildman–Crippen MR) is 69.4 cm³/mol. The number of amidine groups is 1. The highest BCUT2D eigenvalue weighted by molar-refractivity contribution is 9.10. The van der Waals surface area contributed by atoms with Gasteiger partial charge in [0, 0.05) is 12.3 Å². The van der Waals surface area contributed by atoms with Crippen molar-refractivity contribution >= 4 is 21.8 Å². The van der Waals surface area contributed by atoms with Crippen molar-refractivity contribution in [3.05, 3.63) is 52.5 Å². The van der Waals surface area contributed by atoms with Gasteiger partial charge in [-0.1, -0.05) is 0 Å². The molecule has 1 aromatic heterocycles. The molecule has 0 amide bonds. The van der Waals surface area contributed by atoms with Crippen molar-refractivity contribution in [3.63, 3.8) is 0 Å². The highest BCUT2D eigenvalue weighted by Gasteiger charge is 2.06. The average Bonchev–Trinajstić information content (AvgIpc) is 2.33. The van der Waals surface area contributed by atoms with E-state index in [2.05, 4.69) is 20.9 Å². The van der Waals surface area contributed by atoms with Gasteiger partial charge in [-0.3, -0.25) is 10.4 Å². The summed E-state index contributed by atoms with van der Waals surface area (Å²) in [4.78, 5) is 3.92. The minimum Gasteiger partial charge on any atom is -0.456 e. The maximum atomic E-state index is 12.9. The van der Waals surface area contributed by atoms with Crippen molar-refractivity contribution in [2.24, 2.45) is 5.73 Å². The number of hydrogen-bond acceptors (Lipinski definition) is 3. The molecular formula is C12H9BrFN3O. The zero-order chi connectivity index (χ0) is 13.1. The lowest BCUT2D eigenvalue weighted by molar-refractivity contribution is 0.476. The lowest BCUT2D eigenvalue weighted by Gasteiger charge is -2.08. The largest absolute Gasteiger partial charge is 0.456 e. The number of nitrogens with two attached hydrogens (primary N) is 1. The van der Waals surface area contributed by atoms with Crippen molar-refractivity contribution in [1.29, 1.82) is 5.41 Å². The Hall–Kier alpha value is -1.95. The number of rotatable bonds is 3. The molecule has 0 bridgehead atoms. The molecule has 2 rings (SSSR count). The highest BCUT2D eigenvalue weighted by Crippen LogP contribution is 2.30. The van der Waals surface area contributed by atoms with Gasteiger partial charge in [-0.05, 0) is 40.2 Å². The number of aromatic nitrogens is 1. The smallest absolute Gasteiger partial charge is 0.141 e. The fourth-order valence-corrected chi connectivity index (χ4v) is 1.74. The summed E-state index contributed by atoms with van der Waals surface area (Å²) in [5.41, 5.74) is 5.66. The molecule has 0 aliphatic carbocycles. The number of pyridine rings is 1. The van der Waals surface area contributed by atoms with E-state index in [4.69, 9.17) is 15.9 Å². The van der Waals surface area contributed by atoms with E-state index in [1.807, 2.05) is 0 Å². The summed E-state index contributed by atoms with van der Waals surface area (Å²) in [6.45, 7) is 0. The first kappa shape index (κ1) is 12.5. The van der Waals surface area contributed by atoms with Gasteiger partial charge in [-0.15, -0.1) is 0 Å². The van der Waals surface area contributed by atoms with E-state index in [1.165, 1.54) is 30.5 Å². The molecule has 0 saturated heterocycles. The number of nitrogens with one attached hydrogen (secondary N) is 1. The van der Waals surface area contributed by atoms with Crippen LogP contribution in [0.5, 0.6) is 11.5 Å². The van der Waals surface area contributed by atoms with E-state index in [0.717, 1.165) is 0 Å². The fraction of sp³-hybridized carbons (Fsp3) is 0. The number of nitrogens with zero attached hydrogens (tertiary/aromatic N) is 1. The molecule has 0 aliphatic heterocycles. The van der Waals surface area contributed by atoms with Gasteiger partial charge in [0.1, 0.15) is 28.8 Å². The molecule has 2 aromatic rings. The van der Waals surface area contributed by atoms with Gasteiger partial charge in [-0.2, -0.15) is 0 Å². The summed E-state index contributed by atoms with van der Waals surface area (Å²) < 4.78 is 19.0. The Bertz CT molecular complexity index is 604. The van der Waals surface area contributed by atoms with Crippen molar-refractivity contribution in [2.75, 3.05) is 0 Å². The predicted octanol–water partition coefficient (Wildman–Crippen LogP) is 3.06. The summed E-state index contributed by atoms with van der Waals surface area (Å²) in [5.74, 6) is 0.451.